The van der Waals surface area contributed by atoms with E-state index < -0.39 is 0 Å². The van der Waals surface area contributed by atoms with Gasteiger partial charge in [-0.1, -0.05) is 26.0 Å². The Labute approximate surface area is 138 Å². The summed E-state index contributed by atoms with van der Waals surface area (Å²) in [6.45, 7) is 6.25. The van der Waals surface area contributed by atoms with E-state index in [4.69, 9.17) is 0 Å². The van der Waals surface area contributed by atoms with Gasteiger partial charge in [0.05, 0.1) is 0 Å². The van der Waals surface area contributed by atoms with Gasteiger partial charge in [0.2, 0.25) is 0 Å². The third-order valence-electron chi connectivity index (χ3n) is 3.33. The first-order chi connectivity index (χ1) is 10.0. The van der Waals surface area contributed by atoms with Crippen molar-refractivity contribution in [1.82, 2.24) is 5.32 Å². The van der Waals surface area contributed by atoms with Gasteiger partial charge in [0.1, 0.15) is 5.82 Å². The summed E-state index contributed by atoms with van der Waals surface area (Å²) in [6, 6.07) is 9.13. The topological polar surface area (TPSA) is 12.0 Å². The molecular formula is C17H21BrFNS. The van der Waals surface area contributed by atoms with Gasteiger partial charge in [0.15, 0.2) is 0 Å². The number of nitrogens with one attached hydrogen (secondary N) is 1. The highest BCUT2D eigenvalue weighted by atomic mass is 79.9. The maximum atomic E-state index is 13.5. The summed E-state index contributed by atoms with van der Waals surface area (Å²) in [7, 11) is 0. The lowest BCUT2D eigenvalue weighted by Crippen LogP contribution is -2.26. The van der Waals surface area contributed by atoms with Crippen molar-refractivity contribution >= 4 is 27.3 Å². The molecule has 1 aromatic carbocycles. The van der Waals surface area contributed by atoms with Gasteiger partial charge in [-0.25, -0.2) is 4.39 Å². The smallest absolute Gasteiger partial charge is 0.123 e. The molecule has 0 aliphatic rings. The molecule has 1 atom stereocenters. The van der Waals surface area contributed by atoms with Crippen molar-refractivity contribution in [1.29, 1.82) is 0 Å². The largest absolute Gasteiger partial charge is 0.316 e. The Morgan fingerprint density at radius 1 is 1.24 bits per heavy atom. The van der Waals surface area contributed by atoms with Gasteiger partial charge in [-0.15, -0.1) is 11.3 Å². The van der Waals surface area contributed by atoms with Gasteiger partial charge in [-0.05, 0) is 58.6 Å². The fraction of sp³-hybridized carbons (Fsp3) is 0.412. The molecule has 21 heavy (non-hydrogen) atoms. The second-order valence-electron chi connectivity index (χ2n) is 5.74. The van der Waals surface area contributed by atoms with Crippen LogP contribution >= 0.6 is 27.3 Å². The van der Waals surface area contributed by atoms with Crippen LogP contribution in [-0.2, 0) is 6.42 Å². The molecular weight excluding hydrogens is 349 g/mol. The van der Waals surface area contributed by atoms with Crippen molar-refractivity contribution in [2.45, 2.75) is 26.2 Å². The molecule has 1 N–H and O–H groups in total. The zero-order chi connectivity index (χ0) is 15.2. The Hall–Kier alpha value is -0.710. The lowest BCUT2D eigenvalue weighted by molar-refractivity contribution is 0.513. The van der Waals surface area contributed by atoms with E-state index in [0.717, 1.165) is 29.5 Å². The molecule has 4 heteroatoms. The second-order valence-corrected chi connectivity index (χ2v) is 7.65. The maximum absolute atomic E-state index is 13.5. The quantitative estimate of drug-likeness (QED) is 0.705. The van der Waals surface area contributed by atoms with E-state index in [1.165, 1.54) is 10.9 Å². The molecule has 114 valence electrons. The van der Waals surface area contributed by atoms with Crippen molar-refractivity contribution < 1.29 is 4.39 Å². The minimum absolute atomic E-state index is 0.159. The van der Waals surface area contributed by atoms with Gasteiger partial charge < -0.3 is 5.32 Å². The van der Waals surface area contributed by atoms with E-state index in [9.17, 15) is 4.39 Å². The highest BCUT2D eigenvalue weighted by Gasteiger charge is 2.14. The van der Waals surface area contributed by atoms with Crippen molar-refractivity contribution in [3.63, 3.8) is 0 Å². The predicted molar refractivity (Wildman–Crippen MR) is 92.6 cm³/mol. The van der Waals surface area contributed by atoms with E-state index in [2.05, 4.69) is 46.5 Å². The molecule has 0 aliphatic heterocycles. The van der Waals surface area contributed by atoms with Crippen LogP contribution in [0.1, 0.15) is 30.2 Å². The molecule has 0 saturated carbocycles. The molecule has 1 aromatic heterocycles. The summed E-state index contributed by atoms with van der Waals surface area (Å²) in [5.41, 5.74) is 1.07. The van der Waals surface area contributed by atoms with Crippen LogP contribution in [0, 0.1) is 11.7 Å². The van der Waals surface area contributed by atoms with Crippen LogP contribution in [-0.4, -0.2) is 13.1 Å². The van der Waals surface area contributed by atoms with Crippen molar-refractivity contribution in [2.24, 2.45) is 5.92 Å². The summed E-state index contributed by atoms with van der Waals surface area (Å²) < 4.78 is 14.6. The molecule has 0 spiro atoms. The van der Waals surface area contributed by atoms with Crippen LogP contribution in [0.15, 0.2) is 40.2 Å². The molecule has 1 unspecified atom stereocenters. The lowest BCUT2D eigenvalue weighted by atomic mass is 9.94. The number of rotatable bonds is 7. The number of thiophene rings is 1. The van der Waals surface area contributed by atoms with Crippen molar-refractivity contribution in [3.8, 4) is 0 Å². The molecule has 0 radical (unpaired) electrons. The molecule has 1 nitrogen and oxygen atoms in total. The molecule has 0 aliphatic carbocycles. The molecule has 0 saturated heterocycles. The number of hydrogen-bond acceptors (Lipinski definition) is 2. The molecule has 2 rings (SSSR count). The average Bonchev–Trinajstić information content (AvgIpc) is 2.83. The summed E-state index contributed by atoms with van der Waals surface area (Å²) in [6.07, 6.45) is 0.935. The molecule has 0 fully saturated rings. The minimum Gasteiger partial charge on any atom is -0.316 e. The first-order valence-electron chi connectivity index (χ1n) is 7.23. The van der Waals surface area contributed by atoms with Gasteiger partial charge in [-0.2, -0.15) is 0 Å². The van der Waals surface area contributed by atoms with Crippen molar-refractivity contribution in [3.05, 3.63) is 56.4 Å². The monoisotopic (exact) mass is 369 g/mol. The zero-order valence-corrected chi connectivity index (χ0v) is 14.8. The fourth-order valence-electron chi connectivity index (χ4n) is 2.32. The first kappa shape index (κ1) is 16.7. The number of halogens is 2. The predicted octanol–water partition coefficient (Wildman–Crippen LogP) is 5.22. The maximum Gasteiger partial charge on any atom is 0.123 e. The van der Waals surface area contributed by atoms with Gasteiger partial charge in [-0.3, -0.25) is 0 Å². The standard InChI is InChI=1S/C17H21BrFNS/c1-12(2)9-20-10-14(7-17-8-15(18)11-21-17)13-4-3-5-16(19)6-13/h3-6,8,11-12,14,20H,7,9-10H2,1-2H3. The average molecular weight is 370 g/mol. The minimum atomic E-state index is -0.159. The summed E-state index contributed by atoms with van der Waals surface area (Å²) in [5, 5.41) is 5.60. The van der Waals surface area contributed by atoms with Gasteiger partial charge >= 0.3 is 0 Å². The summed E-state index contributed by atoms with van der Waals surface area (Å²) >= 11 is 5.24. The van der Waals surface area contributed by atoms with Crippen molar-refractivity contribution in [2.75, 3.05) is 13.1 Å². The molecule has 2 aromatic rings. The Bertz CT molecular complexity index is 567. The van der Waals surface area contributed by atoms with E-state index in [-0.39, 0.29) is 5.82 Å². The molecule has 1 heterocycles. The van der Waals surface area contributed by atoms with E-state index in [1.54, 1.807) is 23.5 Å². The lowest BCUT2D eigenvalue weighted by Gasteiger charge is -2.18. The fourth-order valence-corrected chi connectivity index (χ4v) is 3.85. The molecule has 0 bridgehead atoms. The highest BCUT2D eigenvalue weighted by Crippen LogP contribution is 2.27. The SMILES string of the molecule is CC(C)CNCC(Cc1cc(Br)cs1)c1cccc(F)c1. The van der Waals surface area contributed by atoms with Gasteiger partial charge in [0, 0.05) is 27.2 Å². The Morgan fingerprint density at radius 3 is 2.67 bits per heavy atom. The summed E-state index contributed by atoms with van der Waals surface area (Å²) in [5.74, 6) is 0.757. The third kappa shape index (κ3) is 5.53. The van der Waals surface area contributed by atoms with Crippen LogP contribution in [0.4, 0.5) is 4.39 Å². The molecule has 0 amide bonds. The third-order valence-corrected chi connectivity index (χ3v) is 5.05. The van der Waals surface area contributed by atoms with Crippen LogP contribution in [0.25, 0.3) is 0 Å². The Morgan fingerprint density at radius 2 is 2.05 bits per heavy atom. The second kappa shape index (κ2) is 8.06. The Kier molecular flexibility index (Phi) is 6.40. The van der Waals surface area contributed by atoms with E-state index in [1.807, 2.05) is 6.07 Å². The highest BCUT2D eigenvalue weighted by molar-refractivity contribution is 9.10. The van der Waals surface area contributed by atoms with Crippen LogP contribution < -0.4 is 5.32 Å². The van der Waals surface area contributed by atoms with E-state index in [0.29, 0.717) is 11.8 Å². The zero-order valence-electron chi connectivity index (χ0n) is 12.4. The number of hydrogen-bond donors (Lipinski definition) is 1. The van der Waals surface area contributed by atoms with E-state index >= 15 is 0 Å². The van der Waals surface area contributed by atoms with Crippen LogP contribution in [0.2, 0.25) is 0 Å². The summed E-state index contributed by atoms with van der Waals surface area (Å²) in [4.78, 5) is 1.32. The van der Waals surface area contributed by atoms with Crippen LogP contribution in [0.5, 0.6) is 0 Å². The normalized spacial score (nSPS) is 12.8. The van der Waals surface area contributed by atoms with Gasteiger partial charge in [0.25, 0.3) is 0 Å². The number of benzene rings is 1. The van der Waals surface area contributed by atoms with Crippen LogP contribution in [0.3, 0.4) is 0 Å². The first-order valence-corrected chi connectivity index (χ1v) is 8.91. The Balaban J connectivity index is 2.09.